The number of hydrogen-bond acceptors (Lipinski definition) is 2. The number of aromatic nitrogens is 2. The minimum absolute atomic E-state index is 0.873. The van der Waals surface area contributed by atoms with Crippen molar-refractivity contribution >= 4 is 32.5 Å². The Morgan fingerprint density at radius 1 is 0.846 bits per heavy atom. The van der Waals surface area contributed by atoms with E-state index in [1.54, 1.807) is 11.3 Å². The minimum atomic E-state index is 0.873. The zero-order valence-electron chi connectivity index (χ0n) is 14.5. The van der Waals surface area contributed by atoms with Gasteiger partial charge in [-0.1, -0.05) is 60.7 Å². The predicted octanol–water partition coefficient (Wildman–Crippen LogP) is 6.27. The van der Waals surface area contributed by atoms with Crippen molar-refractivity contribution in [2.24, 2.45) is 0 Å². The average Bonchev–Trinajstić information content (AvgIpc) is 3.22. The molecule has 0 saturated carbocycles. The summed E-state index contributed by atoms with van der Waals surface area (Å²) in [5.41, 5.74) is 6.19. The molecule has 3 heteroatoms. The number of rotatable bonds is 3. The Bertz CT molecular complexity index is 1180. The highest BCUT2D eigenvalue weighted by atomic mass is 32.1. The monoisotopic (exact) mass is 354 g/mol. The van der Waals surface area contributed by atoms with Crippen LogP contribution in [0.5, 0.6) is 0 Å². The zero-order valence-corrected chi connectivity index (χ0v) is 15.3. The summed E-state index contributed by atoms with van der Waals surface area (Å²) < 4.78 is 3.65. The molecule has 0 fully saturated rings. The molecule has 0 atom stereocenters. The largest absolute Gasteiger partial charge is 0.340 e. The lowest BCUT2D eigenvalue weighted by Gasteiger charge is -2.08. The van der Waals surface area contributed by atoms with Gasteiger partial charge in [0.2, 0.25) is 0 Å². The molecule has 0 aliphatic heterocycles. The predicted molar refractivity (Wildman–Crippen MR) is 111 cm³/mol. The lowest BCUT2D eigenvalue weighted by atomic mass is 10.1. The van der Waals surface area contributed by atoms with E-state index in [0.29, 0.717) is 0 Å². The third-order valence-electron chi connectivity index (χ3n) is 4.92. The van der Waals surface area contributed by atoms with Crippen LogP contribution >= 0.6 is 11.3 Å². The first kappa shape index (κ1) is 15.4. The van der Waals surface area contributed by atoms with Crippen LogP contribution in [0.4, 0.5) is 0 Å². The molecule has 126 valence electrons. The number of benzene rings is 3. The summed E-state index contributed by atoms with van der Waals surface area (Å²) in [6.45, 7) is 3.09. The Morgan fingerprint density at radius 3 is 2.42 bits per heavy atom. The lowest BCUT2D eigenvalue weighted by molar-refractivity contribution is 0.806. The Labute approximate surface area is 156 Å². The number of para-hydroxylation sites is 2. The molecule has 0 aliphatic carbocycles. The van der Waals surface area contributed by atoms with Crippen LogP contribution in [0.3, 0.4) is 0 Å². The van der Waals surface area contributed by atoms with E-state index in [1.165, 1.54) is 32.4 Å². The maximum atomic E-state index is 4.92. The van der Waals surface area contributed by atoms with Crippen molar-refractivity contribution in [3.63, 3.8) is 0 Å². The van der Waals surface area contributed by atoms with Gasteiger partial charge in [0.25, 0.3) is 0 Å². The third kappa shape index (κ3) is 2.44. The number of hydrogen-bond donors (Lipinski definition) is 0. The van der Waals surface area contributed by atoms with Gasteiger partial charge < -0.3 is 4.57 Å². The van der Waals surface area contributed by atoms with Gasteiger partial charge in [-0.2, -0.15) is 0 Å². The minimum Gasteiger partial charge on any atom is -0.340 e. The molecule has 0 saturated heterocycles. The van der Waals surface area contributed by atoms with Crippen LogP contribution in [0.25, 0.3) is 31.7 Å². The van der Waals surface area contributed by atoms with Crippen molar-refractivity contribution in [3.8, 4) is 10.6 Å². The van der Waals surface area contributed by atoms with Gasteiger partial charge >= 0.3 is 0 Å². The van der Waals surface area contributed by atoms with Crippen molar-refractivity contribution in [2.75, 3.05) is 0 Å². The molecule has 5 rings (SSSR count). The lowest BCUT2D eigenvalue weighted by Crippen LogP contribution is -2.01. The molecule has 0 aliphatic rings. The van der Waals surface area contributed by atoms with E-state index in [9.17, 15) is 0 Å². The summed E-state index contributed by atoms with van der Waals surface area (Å²) in [7, 11) is 0. The SMILES string of the molecule is Cc1c(-c2nc3ccccc3s2)c2ccccc2n1Cc1ccccc1. The van der Waals surface area contributed by atoms with Crippen LogP contribution in [0, 0.1) is 6.92 Å². The highest BCUT2D eigenvalue weighted by Gasteiger charge is 2.18. The topological polar surface area (TPSA) is 17.8 Å². The van der Waals surface area contributed by atoms with Gasteiger partial charge in [-0.25, -0.2) is 4.98 Å². The van der Waals surface area contributed by atoms with Crippen LogP contribution < -0.4 is 0 Å². The molecule has 3 aromatic carbocycles. The molecule has 0 N–H and O–H groups in total. The summed E-state index contributed by atoms with van der Waals surface area (Å²) in [6, 6.07) is 27.7. The smallest absolute Gasteiger partial charge is 0.127 e. The normalized spacial score (nSPS) is 11.4. The van der Waals surface area contributed by atoms with Crippen LogP contribution in [-0.2, 0) is 6.54 Å². The molecule has 0 amide bonds. The van der Waals surface area contributed by atoms with Gasteiger partial charge in [0, 0.05) is 28.7 Å². The van der Waals surface area contributed by atoms with E-state index in [-0.39, 0.29) is 0 Å². The summed E-state index contributed by atoms with van der Waals surface area (Å²) in [4.78, 5) is 4.92. The molecular formula is C23H18N2S. The first-order valence-electron chi connectivity index (χ1n) is 8.79. The van der Waals surface area contributed by atoms with Crippen LogP contribution in [0.2, 0.25) is 0 Å². The average molecular weight is 354 g/mol. The highest BCUT2D eigenvalue weighted by Crippen LogP contribution is 2.38. The maximum Gasteiger partial charge on any atom is 0.127 e. The summed E-state index contributed by atoms with van der Waals surface area (Å²) in [5.74, 6) is 0. The van der Waals surface area contributed by atoms with Crippen molar-refractivity contribution in [1.82, 2.24) is 9.55 Å². The van der Waals surface area contributed by atoms with Crippen LogP contribution in [0.15, 0.2) is 78.9 Å². The molecule has 2 nitrogen and oxygen atoms in total. The van der Waals surface area contributed by atoms with Gasteiger partial charge in [-0.05, 0) is 30.7 Å². The Hall–Kier alpha value is -2.91. The Morgan fingerprint density at radius 2 is 1.58 bits per heavy atom. The van der Waals surface area contributed by atoms with Crippen molar-refractivity contribution < 1.29 is 0 Å². The molecule has 0 unspecified atom stereocenters. The Balaban J connectivity index is 1.74. The number of nitrogens with zero attached hydrogens (tertiary/aromatic N) is 2. The maximum absolute atomic E-state index is 4.92. The van der Waals surface area contributed by atoms with E-state index < -0.39 is 0 Å². The van der Waals surface area contributed by atoms with E-state index in [4.69, 9.17) is 4.98 Å². The molecule has 0 radical (unpaired) electrons. The van der Waals surface area contributed by atoms with Crippen LogP contribution in [0.1, 0.15) is 11.3 Å². The molecule has 5 aromatic rings. The first-order chi connectivity index (χ1) is 12.8. The fourth-order valence-corrected chi connectivity index (χ4v) is 4.73. The molecule has 2 heterocycles. The molecule has 0 bridgehead atoms. The summed E-state index contributed by atoms with van der Waals surface area (Å²) >= 11 is 1.77. The third-order valence-corrected chi connectivity index (χ3v) is 5.98. The van der Waals surface area contributed by atoms with Crippen molar-refractivity contribution in [3.05, 3.63) is 90.1 Å². The van der Waals surface area contributed by atoms with E-state index in [2.05, 4.69) is 90.4 Å². The zero-order chi connectivity index (χ0) is 17.5. The van der Waals surface area contributed by atoms with Gasteiger partial charge in [0.05, 0.1) is 10.2 Å². The van der Waals surface area contributed by atoms with Gasteiger partial charge in [-0.3, -0.25) is 0 Å². The van der Waals surface area contributed by atoms with E-state index in [1.807, 2.05) is 0 Å². The first-order valence-corrected chi connectivity index (χ1v) is 9.60. The number of fused-ring (bicyclic) bond motifs is 2. The molecular weight excluding hydrogens is 336 g/mol. The highest BCUT2D eigenvalue weighted by molar-refractivity contribution is 7.21. The van der Waals surface area contributed by atoms with Crippen LogP contribution in [-0.4, -0.2) is 9.55 Å². The standard InChI is InChI=1S/C23H18N2S/c1-16-22(23-24-19-12-6-8-14-21(19)26-23)18-11-5-7-13-20(18)25(16)15-17-9-3-2-4-10-17/h2-14H,15H2,1H3. The second-order valence-electron chi connectivity index (χ2n) is 6.54. The second kappa shape index (κ2) is 6.11. The van der Waals surface area contributed by atoms with Crippen molar-refractivity contribution in [2.45, 2.75) is 13.5 Å². The fourth-order valence-electron chi connectivity index (χ4n) is 3.65. The Kier molecular flexibility index (Phi) is 3.61. The van der Waals surface area contributed by atoms with E-state index >= 15 is 0 Å². The molecule has 26 heavy (non-hydrogen) atoms. The fraction of sp³-hybridized carbons (Fsp3) is 0.0870. The molecule has 0 spiro atoms. The van der Waals surface area contributed by atoms with Gasteiger partial charge in [0.15, 0.2) is 0 Å². The summed E-state index contributed by atoms with van der Waals surface area (Å²) in [6.07, 6.45) is 0. The van der Waals surface area contributed by atoms with E-state index in [0.717, 1.165) is 17.1 Å². The van der Waals surface area contributed by atoms with Gasteiger partial charge in [0.1, 0.15) is 5.01 Å². The summed E-state index contributed by atoms with van der Waals surface area (Å²) in [5, 5.41) is 2.38. The van der Waals surface area contributed by atoms with Gasteiger partial charge in [-0.15, -0.1) is 11.3 Å². The number of thiazole rings is 1. The molecule has 2 aromatic heterocycles. The quantitative estimate of drug-likeness (QED) is 0.373. The second-order valence-corrected chi connectivity index (χ2v) is 7.57. The van der Waals surface area contributed by atoms with Crippen molar-refractivity contribution in [1.29, 1.82) is 0 Å².